The molecule has 19 heavy (non-hydrogen) atoms. The van der Waals surface area contributed by atoms with Gasteiger partial charge in [0.1, 0.15) is 0 Å². The Morgan fingerprint density at radius 3 is 2.47 bits per heavy atom. The minimum atomic E-state index is 0.307. The molecule has 2 aromatic rings. The van der Waals surface area contributed by atoms with Crippen molar-refractivity contribution in [3.63, 3.8) is 0 Å². The summed E-state index contributed by atoms with van der Waals surface area (Å²) in [5, 5.41) is 8.98. The molecule has 0 aliphatic rings. The molecule has 0 saturated carbocycles. The molecule has 2 rings (SSSR count). The number of nitrogens with two attached hydrogens (primary N) is 1. The van der Waals surface area contributed by atoms with Gasteiger partial charge in [-0.25, -0.2) is 9.97 Å². The lowest BCUT2D eigenvalue weighted by Crippen LogP contribution is -2.01. The standard InChI is InChI=1S/C15H16N4/c1-10(2)14-5-11(6-16)3-4-13(14)15-18-8-12(7-17)9-19-15/h3-5,8-10H,7,17H2,1-2H3. The fraction of sp³-hybridized carbons (Fsp3) is 0.267. The number of nitriles is 1. The van der Waals surface area contributed by atoms with Gasteiger partial charge in [0, 0.05) is 30.1 Å². The molecule has 4 heteroatoms. The monoisotopic (exact) mass is 252 g/mol. The summed E-state index contributed by atoms with van der Waals surface area (Å²) in [7, 11) is 0. The first-order valence-electron chi connectivity index (χ1n) is 6.21. The van der Waals surface area contributed by atoms with Gasteiger partial charge in [-0.2, -0.15) is 5.26 Å². The average molecular weight is 252 g/mol. The van der Waals surface area contributed by atoms with E-state index in [4.69, 9.17) is 11.0 Å². The van der Waals surface area contributed by atoms with Crippen LogP contribution in [0, 0.1) is 11.3 Å². The first kappa shape index (κ1) is 13.2. The summed E-state index contributed by atoms with van der Waals surface area (Å²) < 4.78 is 0. The van der Waals surface area contributed by atoms with Gasteiger partial charge in [-0.3, -0.25) is 0 Å². The molecule has 0 aliphatic heterocycles. The zero-order valence-corrected chi connectivity index (χ0v) is 11.1. The van der Waals surface area contributed by atoms with Crippen molar-refractivity contribution in [2.24, 2.45) is 5.73 Å². The number of rotatable bonds is 3. The van der Waals surface area contributed by atoms with Gasteiger partial charge < -0.3 is 5.73 Å². The van der Waals surface area contributed by atoms with Crippen LogP contribution in [0.4, 0.5) is 0 Å². The van der Waals surface area contributed by atoms with E-state index in [1.807, 2.05) is 12.1 Å². The zero-order chi connectivity index (χ0) is 13.8. The summed E-state index contributed by atoms with van der Waals surface area (Å²) in [4.78, 5) is 8.69. The van der Waals surface area contributed by atoms with Crippen LogP contribution in [0.15, 0.2) is 30.6 Å². The summed E-state index contributed by atoms with van der Waals surface area (Å²) in [6.45, 7) is 4.62. The number of hydrogen-bond acceptors (Lipinski definition) is 4. The molecule has 4 nitrogen and oxygen atoms in total. The van der Waals surface area contributed by atoms with Crippen molar-refractivity contribution in [2.45, 2.75) is 26.3 Å². The molecule has 0 unspecified atom stereocenters. The van der Waals surface area contributed by atoms with E-state index in [0.29, 0.717) is 23.9 Å². The van der Waals surface area contributed by atoms with Crippen LogP contribution in [0.25, 0.3) is 11.4 Å². The second-order valence-corrected chi connectivity index (χ2v) is 4.69. The van der Waals surface area contributed by atoms with Crippen LogP contribution in [-0.4, -0.2) is 9.97 Å². The highest BCUT2D eigenvalue weighted by Crippen LogP contribution is 2.27. The van der Waals surface area contributed by atoms with Crippen LogP contribution in [0.2, 0.25) is 0 Å². The van der Waals surface area contributed by atoms with Crippen LogP contribution >= 0.6 is 0 Å². The van der Waals surface area contributed by atoms with Crippen molar-refractivity contribution in [3.05, 3.63) is 47.3 Å². The molecule has 0 radical (unpaired) electrons. The Bertz CT molecular complexity index is 609. The predicted octanol–water partition coefficient (Wildman–Crippen LogP) is 2.60. The van der Waals surface area contributed by atoms with Gasteiger partial charge in [-0.1, -0.05) is 13.8 Å². The van der Waals surface area contributed by atoms with E-state index < -0.39 is 0 Å². The summed E-state index contributed by atoms with van der Waals surface area (Å²) in [6, 6.07) is 7.77. The van der Waals surface area contributed by atoms with Gasteiger partial charge in [-0.05, 0) is 29.7 Å². The highest BCUT2D eigenvalue weighted by Gasteiger charge is 2.11. The summed E-state index contributed by atoms with van der Waals surface area (Å²) in [6.07, 6.45) is 3.48. The molecule has 1 heterocycles. The molecule has 1 aromatic heterocycles. The van der Waals surface area contributed by atoms with Gasteiger partial charge in [0.25, 0.3) is 0 Å². The third kappa shape index (κ3) is 2.78. The van der Waals surface area contributed by atoms with Crippen LogP contribution in [0.5, 0.6) is 0 Å². The van der Waals surface area contributed by atoms with Crippen molar-refractivity contribution >= 4 is 0 Å². The number of nitrogens with zero attached hydrogens (tertiary/aromatic N) is 3. The molecule has 0 amide bonds. The molecule has 1 aromatic carbocycles. The van der Waals surface area contributed by atoms with Crippen LogP contribution in [0.3, 0.4) is 0 Å². The Morgan fingerprint density at radius 1 is 1.26 bits per heavy atom. The Morgan fingerprint density at radius 2 is 1.95 bits per heavy atom. The fourth-order valence-electron chi connectivity index (χ4n) is 1.91. The van der Waals surface area contributed by atoms with Gasteiger partial charge in [-0.15, -0.1) is 0 Å². The van der Waals surface area contributed by atoms with Crippen LogP contribution in [-0.2, 0) is 6.54 Å². The SMILES string of the molecule is CC(C)c1cc(C#N)ccc1-c1ncc(CN)cn1. The minimum absolute atomic E-state index is 0.307. The molecule has 0 aliphatic carbocycles. The van der Waals surface area contributed by atoms with Crippen molar-refractivity contribution in [2.75, 3.05) is 0 Å². The number of benzene rings is 1. The summed E-state index contributed by atoms with van der Waals surface area (Å²) >= 11 is 0. The number of hydrogen-bond donors (Lipinski definition) is 1. The topological polar surface area (TPSA) is 75.6 Å². The highest BCUT2D eigenvalue weighted by atomic mass is 14.9. The molecule has 96 valence electrons. The Balaban J connectivity index is 2.51. The average Bonchev–Trinajstić information content (AvgIpc) is 2.46. The molecule has 0 saturated heterocycles. The van der Waals surface area contributed by atoms with Crippen molar-refractivity contribution < 1.29 is 0 Å². The third-order valence-corrected chi connectivity index (χ3v) is 2.98. The lowest BCUT2D eigenvalue weighted by molar-refractivity contribution is 0.865. The van der Waals surface area contributed by atoms with E-state index in [9.17, 15) is 0 Å². The summed E-state index contributed by atoms with van der Waals surface area (Å²) in [5.41, 5.74) is 9.16. The first-order chi connectivity index (χ1) is 9.15. The zero-order valence-electron chi connectivity index (χ0n) is 11.1. The number of aromatic nitrogens is 2. The van der Waals surface area contributed by atoms with Gasteiger partial charge >= 0.3 is 0 Å². The van der Waals surface area contributed by atoms with Gasteiger partial charge in [0.15, 0.2) is 5.82 Å². The van der Waals surface area contributed by atoms with Crippen LogP contribution in [0.1, 0.15) is 36.5 Å². The molecule has 0 fully saturated rings. The van der Waals surface area contributed by atoms with E-state index in [-0.39, 0.29) is 0 Å². The van der Waals surface area contributed by atoms with Crippen molar-refractivity contribution in [3.8, 4) is 17.5 Å². The second kappa shape index (κ2) is 5.59. The maximum atomic E-state index is 8.98. The van der Waals surface area contributed by atoms with E-state index in [2.05, 4.69) is 29.9 Å². The van der Waals surface area contributed by atoms with Gasteiger partial charge in [0.05, 0.1) is 11.6 Å². The smallest absolute Gasteiger partial charge is 0.159 e. The molecular weight excluding hydrogens is 236 g/mol. The minimum Gasteiger partial charge on any atom is -0.326 e. The molecular formula is C15H16N4. The fourth-order valence-corrected chi connectivity index (χ4v) is 1.91. The van der Waals surface area contributed by atoms with Gasteiger partial charge in [0.2, 0.25) is 0 Å². The quantitative estimate of drug-likeness (QED) is 0.911. The Kier molecular flexibility index (Phi) is 3.88. The van der Waals surface area contributed by atoms with Crippen molar-refractivity contribution in [1.29, 1.82) is 5.26 Å². The molecule has 0 spiro atoms. The van der Waals surface area contributed by atoms with E-state index in [0.717, 1.165) is 16.7 Å². The highest BCUT2D eigenvalue weighted by molar-refractivity contribution is 5.62. The maximum absolute atomic E-state index is 8.98. The second-order valence-electron chi connectivity index (χ2n) is 4.69. The molecule has 0 atom stereocenters. The molecule has 2 N–H and O–H groups in total. The summed E-state index contributed by atoms with van der Waals surface area (Å²) in [5.74, 6) is 0.978. The van der Waals surface area contributed by atoms with Crippen molar-refractivity contribution in [1.82, 2.24) is 9.97 Å². The normalized spacial score (nSPS) is 10.5. The molecule has 0 bridgehead atoms. The van der Waals surface area contributed by atoms with E-state index >= 15 is 0 Å². The largest absolute Gasteiger partial charge is 0.326 e. The van der Waals surface area contributed by atoms with Crippen LogP contribution < -0.4 is 5.73 Å². The third-order valence-electron chi connectivity index (χ3n) is 2.98. The predicted molar refractivity (Wildman–Crippen MR) is 74.2 cm³/mol. The maximum Gasteiger partial charge on any atom is 0.159 e. The lowest BCUT2D eigenvalue weighted by atomic mass is 9.94. The first-order valence-corrected chi connectivity index (χ1v) is 6.21. The van der Waals surface area contributed by atoms with E-state index in [1.165, 1.54) is 0 Å². The lowest BCUT2D eigenvalue weighted by Gasteiger charge is -2.12. The Labute approximate surface area is 112 Å². The van der Waals surface area contributed by atoms with E-state index in [1.54, 1.807) is 18.5 Å². The Hall–Kier alpha value is -2.25.